The van der Waals surface area contributed by atoms with Crippen molar-refractivity contribution in [2.24, 2.45) is 5.84 Å². The normalized spacial score (nSPS) is 10.7. The van der Waals surface area contributed by atoms with Gasteiger partial charge in [-0.1, -0.05) is 26.0 Å². The molecule has 0 atom stereocenters. The van der Waals surface area contributed by atoms with Crippen LogP contribution in [0.3, 0.4) is 0 Å². The Bertz CT molecular complexity index is 373. The van der Waals surface area contributed by atoms with E-state index in [0.717, 1.165) is 38.0 Å². The predicted octanol–water partition coefficient (Wildman–Crippen LogP) is 1.91. The van der Waals surface area contributed by atoms with E-state index in [1.165, 1.54) is 0 Å². The summed E-state index contributed by atoms with van der Waals surface area (Å²) >= 11 is 0. The van der Waals surface area contributed by atoms with Crippen molar-refractivity contribution in [3.63, 3.8) is 0 Å². The molecule has 0 saturated carbocycles. The zero-order chi connectivity index (χ0) is 13.4. The fraction of sp³-hybridized carbons (Fsp3) is 0.500. The summed E-state index contributed by atoms with van der Waals surface area (Å²) in [5.41, 5.74) is 3.92. The van der Waals surface area contributed by atoms with E-state index in [-0.39, 0.29) is 5.91 Å². The molecule has 100 valence electrons. The van der Waals surface area contributed by atoms with Crippen LogP contribution < -0.4 is 11.3 Å². The molecule has 1 aromatic rings. The first kappa shape index (κ1) is 14.7. The van der Waals surface area contributed by atoms with Gasteiger partial charge in [0.1, 0.15) is 0 Å². The topological polar surface area (TPSA) is 58.4 Å². The molecule has 1 amide bonds. The van der Waals surface area contributed by atoms with E-state index >= 15 is 0 Å². The molecule has 0 radical (unpaired) electrons. The number of amides is 1. The second kappa shape index (κ2) is 7.84. The average Bonchev–Trinajstić information content (AvgIpc) is 2.39. The van der Waals surface area contributed by atoms with Crippen molar-refractivity contribution >= 4 is 5.91 Å². The van der Waals surface area contributed by atoms with Gasteiger partial charge in [-0.05, 0) is 43.6 Å². The number of nitrogen functional groups attached to an aromatic ring is 1. The minimum Gasteiger partial charge on any atom is -0.299 e. The van der Waals surface area contributed by atoms with Gasteiger partial charge in [0.05, 0.1) is 0 Å². The quantitative estimate of drug-likeness (QED) is 0.441. The number of benzene rings is 1. The lowest BCUT2D eigenvalue weighted by molar-refractivity contribution is 0.0953. The molecular formula is C14H23N3O. The monoisotopic (exact) mass is 249 g/mol. The highest BCUT2D eigenvalue weighted by atomic mass is 16.2. The zero-order valence-electron chi connectivity index (χ0n) is 11.3. The summed E-state index contributed by atoms with van der Waals surface area (Å²) < 4.78 is 0. The van der Waals surface area contributed by atoms with E-state index in [2.05, 4.69) is 24.2 Å². The van der Waals surface area contributed by atoms with Gasteiger partial charge in [0.15, 0.2) is 0 Å². The van der Waals surface area contributed by atoms with Gasteiger partial charge >= 0.3 is 0 Å². The molecule has 0 bridgehead atoms. The Labute approximate surface area is 109 Å². The van der Waals surface area contributed by atoms with Crippen LogP contribution in [0.15, 0.2) is 24.3 Å². The number of carbonyl (C=O) groups excluding carboxylic acids is 1. The number of nitrogens with one attached hydrogen (secondary N) is 1. The predicted molar refractivity (Wildman–Crippen MR) is 74.0 cm³/mol. The van der Waals surface area contributed by atoms with Crippen LogP contribution in [-0.2, 0) is 6.54 Å². The Morgan fingerprint density at radius 1 is 1.28 bits per heavy atom. The second-order valence-corrected chi connectivity index (χ2v) is 4.45. The number of rotatable bonds is 7. The van der Waals surface area contributed by atoms with Crippen LogP contribution in [-0.4, -0.2) is 23.9 Å². The van der Waals surface area contributed by atoms with Gasteiger partial charge in [-0.15, -0.1) is 0 Å². The maximum absolute atomic E-state index is 11.5. The van der Waals surface area contributed by atoms with Gasteiger partial charge < -0.3 is 0 Å². The third kappa shape index (κ3) is 4.47. The van der Waals surface area contributed by atoms with Crippen LogP contribution in [0.5, 0.6) is 0 Å². The molecule has 0 spiro atoms. The van der Waals surface area contributed by atoms with Crippen molar-refractivity contribution in [2.45, 2.75) is 33.2 Å². The maximum Gasteiger partial charge on any atom is 0.265 e. The number of nitrogens with two attached hydrogens (primary N) is 1. The van der Waals surface area contributed by atoms with Crippen molar-refractivity contribution < 1.29 is 4.79 Å². The van der Waals surface area contributed by atoms with Crippen molar-refractivity contribution in [1.82, 2.24) is 10.3 Å². The number of hydrogen-bond acceptors (Lipinski definition) is 3. The summed E-state index contributed by atoms with van der Waals surface area (Å²) in [5, 5.41) is 0. The maximum atomic E-state index is 11.5. The van der Waals surface area contributed by atoms with Crippen molar-refractivity contribution in [2.75, 3.05) is 13.1 Å². The lowest BCUT2D eigenvalue weighted by Crippen LogP contribution is -2.30. The average molecular weight is 249 g/mol. The first-order chi connectivity index (χ1) is 8.71. The molecule has 1 rings (SSSR count). The van der Waals surface area contributed by atoms with E-state index in [9.17, 15) is 4.79 Å². The molecule has 0 unspecified atom stereocenters. The third-order valence-corrected chi connectivity index (χ3v) is 2.81. The number of hydrazine groups is 1. The van der Waals surface area contributed by atoms with E-state index in [0.29, 0.717) is 5.56 Å². The van der Waals surface area contributed by atoms with Gasteiger partial charge in [-0.2, -0.15) is 0 Å². The molecule has 4 nitrogen and oxygen atoms in total. The first-order valence-corrected chi connectivity index (χ1v) is 6.53. The fourth-order valence-corrected chi connectivity index (χ4v) is 2.05. The molecule has 1 aromatic carbocycles. The highest BCUT2D eigenvalue weighted by Crippen LogP contribution is 2.09. The van der Waals surface area contributed by atoms with E-state index < -0.39 is 0 Å². The molecule has 4 heteroatoms. The molecule has 0 aromatic heterocycles. The highest BCUT2D eigenvalue weighted by Gasteiger charge is 2.07. The molecule has 0 fully saturated rings. The van der Waals surface area contributed by atoms with E-state index in [4.69, 9.17) is 5.84 Å². The van der Waals surface area contributed by atoms with Crippen LogP contribution in [0, 0.1) is 0 Å². The van der Waals surface area contributed by atoms with Gasteiger partial charge in [0.25, 0.3) is 5.91 Å². The standard InChI is InChI=1S/C14H23N3O/c1-3-8-17(9-4-2)11-12-6-5-7-13(10-12)14(18)16-15/h5-7,10H,3-4,8-9,11,15H2,1-2H3,(H,16,18). The molecular weight excluding hydrogens is 226 g/mol. The summed E-state index contributed by atoms with van der Waals surface area (Å²) in [4.78, 5) is 13.9. The van der Waals surface area contributed by atoms with Crippen molar-refractivity contribution in [3.05, 3.63) is 35.4 Å². The Hall–Kier alpha value is -1.39. The van der Waals surface area contributed by atoms with Crippen LogP contribution in [0.25, 0.3) is 0 Å². The molecule has 3 N–H and O–H groups in total. The van der Waals surface area contributed by atoms with Gasteiger partial charge in [0, 0.05) is 12.1 Å². The van der Waals surface area contributed by atoms with Crippen LogP contribution >= 0.6 is 0 Å². The number of hydrogen-bond donors (Lipinski definition) is 2. The van der Waals surface area contributed by atoms with Gasteiger partial charge in [-0.3, -0.25) is 15.1 Å². The number of carbonyl (C=O) groups is 1. The Morgan fingerprint density at radius 2 is 1.94 bits per heavy atom. The summed E-state index contributed by atoms with van der Waals surface area (Å²) in [6.45, 7) is 7.41. The van der Waals surface area contributed by atoms with Gasteiger partial charge in [-0.25, -0.2) is 5.84 Å². The Kier molecular flexibility index (Phi) is 6.39. The lowest BCUT2D eigenvalue weighted by atomic mass is 10.1. The molecule has 0 aliphatic heterocycles. The number of nitrogens with zero attached hydrogens (tertiary/aromatic N) is 1. The Morgan fingerprint density at radius 3 is 2.50 bits per heavy atom. The summed E-state index contributed by atoms with van der Waals surface area (Å²) in [6.07, 6.45) is 2.28. The SMILES string of the molecule is CCCN(CCC)Cc1cccc(C(=O)NN)c1. The van der Waals surface area contributed by atoms with Crippen LogP contribution in [0.4, 0.5) is 0 Å². The van der Waals surface area contributed by atoms with Gasteiger partial charge in [0.2, 0.25) is 0 Å². The Balaban J connectivity index is 2.73. The molecule has 18 heavy (non-hydrogen) atoms. The largest absolute Gasteiger partial charge is 0.299 e. The molecule has 0 saturated heterocycles. The summed E-state index contributed by atoms with van der Waals surface area (Å²) in [7, 11) is 0. The van der Waals surface area contributed by atoms with Crippen LogP contribution in [0.2, 0.25) is 0 Å². The zero-order valence-corrected chi connectivity index (χ0v) is 11.3. The van der Waals surface area contributed by atoms with Crippen molar-refractivity contribution in [3.8, 4) is 0 Å². The fourth-order valence-electron chi connectivity index (χ4n) is 2.05. The minimum atomic E-state index is -0.241. The molecule has 0 heterocycles. The lowest BCUT2D eigenvalue weighted by Gasteiger charge is -2.21. The molecule has 0 aliphatic rings. The summed E-state index contributed by atoms with van der Waals surface area (Å²) in [6, 6.07) is 7.62. The van der Waals surface area contributed by atoms with Crippen LogP contribution in [0.1, 0.15) is 42.6 Å². The highest BCUT2D eigenvalue weighted by molar-refractivity contribution is 5.93. The smallest absolute Gasteiger partial charge is 0.265 e. The summed E-state index contributed by atoms with van der Waals surface area (Å²) in [5.74, 6) is 4.90. The third-order valence-electron chi connectivity index (χ3n) is 2.81. The molecule has 0 aliphatic carbocycles. The van der Waals surface area contributed by atoms with E-state index in [1.807, 2.05) is 18.2 Å². The van der Waals surface area contributed by atoms with Crippen molar-refractivity contribution in [1.29, 1.82) is 0 Å². The van der Waals surface area contributed by atoms with E-state index in [1.54, 1.807) is 6.07 Å². The minimum absolute atomic E-state index is 0.241. The second-order valence-electron chi connectivity index (χ2n) is 4.45. The first-order valence-electron chi connectivity index (χ1n) is 6.53.